The normalized spacial score (nSPS) is 17.4. The van der Waals surface area contributed by atoms with Crippen LogP contribution in [0.4, 0.5) is 15.8 Å². The summed E-state index contributed by atoms with van der Waals surface area (Å²) in [5.41, 5.74) is 0.920. The molecule has 1 atom stereocenters. The van der Waals surface area contributed by atoms with Gasteiger partial charge < -0.3 is 15.2 Å². The lowest BCUT2D eigenvalue weighted by Gasteiger charge is -2.39. The first-order valence-corrected chi connectivity index (χ1v) is 15.2. The van der Waals surface area contributed by atoms with Crippen molar-refractivity contribution in [2.24, 2.45) is 0 Å². The van der Waals surface area contributed by atoms with E-state index in [1.807, 2.05) is 0 Å². The summed E-state index contributed by atoms with van der Waals surface area (Å²) in [6.07, 6.45) is 0.616. The van der Waals surface area contributed by atoms with Crippen molar-refractivity contribution in [3.8, 4) is 17.2 Å². The number of anilines is 1. The van der Waals surface area contributed by atoms with Gasteiger partial charge in [-0.15, -0.1) is 0 Å². The Labute approximate surface area is 251 Å². The standard InChI is InChI=1S/C29H27FN6O7S/c30-19-5-9-21(10-6-19)43-22-11-7-20(8-12-22)35-28(29(37)38)27-26(32-35)24(13-14-31-27)33-15-17-34(18-16-33)44(41,42)25-4-2-1-3-23(25)36(39)40/h1-12,24,31H,13-18H2,(H,37,38)/t24-/m1/s1. The zero-order chi connectivity index (χ0) is 31.0. The molecule has 6 rings (SSSR count). The average molecular weight is 623 g/mol. The van der Waals surface area contributed by atoms with E-state index in [-0.39, 0.29) is 35.5 Å². The van der Waals surface area contributed by atoms with Crippen LogP contribution in [0.15, 0.2) is 77.7 Å². The van der Waals surface area contributed by atoms with E-state index in [1.54, 1.807) is 24.3 Å². The fraction of sp³-hybridized carbons (Fsp3) is 0.241. The molecule has 3 aromatic carbocycles. The topological polar surface area (TPSA) is 160 Å². The molecule has 3 heterocycles. The molecule has 2 N–H and O–H groups in total. The van der Waals surface area contributed by atoms with Gasteiger partial charge in [-0.3, -0.25) is 15.0 Å². The number of nitro benzene ring substituents is 1. The molecule has 2 aliphatic heterocycles. The summed E-state index contributed by atoms with van der Waals surface area (Å²) >= 11 is 0. The Morgan fingerprint density at radius 2 is 1.64 bits per heavy atom. The zero-order valence-electron chi connectivity index (χ0n) is 23.2. The van der Waals surface area contributed by atoms with E-state index in [4.69, 9.17) is 9.84 Å². The lowest BCUT2D eigenvalue weighted by Crippen LogP contribution is -2.50. The minimum atomic E-state index is -4.10. The highest BCUT2D eigenvalue weighted by Crippen LogP contribution is 2.38. The number of rotatable bonds is 8. The summed E-state index contributed by atoms with van der Waals surface area (Å²) in [5, 5.41) is 29.5. The van der Waals surface area contributed by atoms with E-state index in [0.717, 1.165) is 0 Å². The van der Waals surface area contributed by atoms with Crippen LogP contribution in [0.2, 0.25) is 0 Å². The second-order valence-electron chi connectivity index (χ2n) is 10.3. The van der Waals surface area contributed by atoms with Crippen LogP contribution in [0.1, 0.15) is 28.6 Å². The Hall–Kier alpha value is -4.86. The number of nitrogens with one attached hydrogen (secondary N) is 1. The molecular weight excluding hydrogens is 595 g/mol. The van der Waals surface area contributed by atoms with Gasteiger partial charge in [-0.05, 0) is 61.0 Å². The number of sulfonamides is 1. The lowest BCUT2D eigenvalue weighted by atomic mass is 10.0. The number of carbonyl (C=O) groups is 1. The molecular formula is C29H27FN6O7S. The number of hydrogen-bond acceptors (Lipinski definition) is 9. The second-order valence-corrected chi connectivity index (χ2v) is 12.2. The summed E-state index contributed by atoms with van der Waals surface area (Å²) in [4.78, 5) is 24.9. The van der Waals surface area contributed by atoms with Crippen LogP contribution in [0.25, 0.3) is 5.69 Å². The summed E-state index contributed by atoms with van der Waals surface area (Å²) in [7, 11) is -4.10. The van der Waals surface area contributed by atoms with Crippen molar-refractivity contribution in [3.05, 3.63) is 100 Å². The Balaban J connectivity index is 1.22. The highest BCUT2D eigenvalue weighted by Gasteiger charge is 2.38. The number of piperazine rings is 1. The van der Waals surface area contributed by atoms with Crippen LogP contribution in [-0.2, 0) is 10.0 Å². The van der Waals surface area contributed by atoms with Crippen molar-refractivity contribution in [2.45, 2.75) is 17.4 Å². The summed E-state index contributed by atoms with van der Waals surface area (Å²) in [6.45, 7) is 1.36. The second kappa shape index (κ2) is 11.7. The third-order valence-corrected chi connectivity index (χ3v) is 9.62. The molecule has 1 aromatic heterocycles. The van der Waals surface area contributed by atoms with Gasteiger partial charge in [0, 0.05) is 38.8 Å². The van der Waals surface area contributed by atoms with Crippen LogP contribution in [0.3, 0.4) is 0 Å². The molecule has 15 heteroatoms. The van der Waals surface area contributed by atoms with Gasteiger partial charge in [0.05, 0.1) is 22.3 Å². The predicted molar refractivity (Wildman–Crippen MR) is 156 cm³/mol. The largest absolute Gasteiger partial charge is 0.476 e. The van der Waals surface area contributed by atoms with Gasteiger partial charge in [0.1, 0.15) is 23.0 Å². The van der Waals surface area contributed by atoms with Crippen molar-refractivity contribution in [3.63, 3.8) is 0 Å². The first-order valence-electron chi connectivity index (χ1n) is 13.7. The van der Waals surface area contributed by atoms with E-state index < -0.39 is 26.6 Å². The van der Waals surface area contributed by atoms with Crippen molar-refractivity contribution in [2.75, 3.05) is 38.0 Å². The Morgan fingerprint density at radius 3 is 2.27 bits per heavy atom. The van der Waals surface area contributed by atoms with E-state index in [1.165, 1.54) is 57.5 Å². The van der Waals surface area contributed by atoms with Crippen molar-refractivity contribution in [1.29, 1.82) is 0 Å². The number of aromatic nitrogens is 2. The molecule has 228 valence electrons. The highest BCUT2D eigenvalue weighted by atomic mass is 32.2. The third kappa shape index (κ3) is 5.47. The first kappa shape index (κ1) is 29.2. The molecule has 0 unspecified atom stereocenters. The lowest BCUT2D eigenvalue weighted by molar-refractivity contribution is -0.387. The van der Waals surface area contributed by atoms with Gasteiger partial charge in [0.15, 0.2) is 10.6 Å². The molecule has 2 aliphatic rings. The molecule has 4 aromatic rings. The number of nitrogens with zero attached hydrogens (tertiary/aromatic N) is 5. The van der Waals surface area contributed by atoms with Gasteiger partial charge in [-0.2, -0.15) is 9.40 Å². The van der Waals surface area contributed by atoms with Crippen molar-refractivity contribution >= 4 is 27.4 Å². The van der Waals surface area contributed by atoms with Gasteiger partial charge in [0.25, 0.3) is 5.69 Å². The molecule has 0 radical (unpaired) electrons. The number of hydrogen-bond donors (Lipinski definition) is 2. The summed E-state index contributed by atoms with van der Waals surface area (Å²) < 4.78 is 48.2. The van der Waals surface area contributed by atoms with Gasteiger partial charge in [-0.1, -0.05) is 12.1 Å². The molecule has 0 aliphatic carbocycles. The maximum Gasteiger partial charge on any atom is 0.356 e. The fourth-order valence-electron chi connectivity index (χ4n) is 5.57. The van der Waals surface area contributed by atoms with Crippen LogP contribution in [0.5, 0.6) is 11.5 Å². The molecule has 0 bridgehead atoms. The minimum Gasteiger partial charge on any atom is -0.476 e. The number of halogens is 1. The van der Waals surface area contributed by atoms with Crippen LogP contribution < -0.4 is 10.1 Å². The molecule has 44 heavy (non-hydrogen) atoms. The maximum absolute atomic E-state index is 13.3. The molecule has 0 amide bonds. The smallest absolute Gasteiger partial charge is 0.356 e. The van der Waals surface area contributed by atoms with E-state index in [9.17, 15) is 32.8 Å². The Morgan fingerprint density at radius 1 is 1.00 bits per heavy atom. The Kier molecular flexibility index (Phi) is 7.75. The van der Waals surface area contributed by atoms with E-state index >= 15 is 0 Å². The number of carboxylic acid groups (broad SMARTS) is 1. The predicted octanol–water partition coefficient (Wildman–Crippen LogP) is 4.27. The van der Waals surface area contributed by atoms with Gasteiger partial charge >= 0.3 is 5.97 Å². The fourth-order valence-corrected chi connectivity index (χ4v) is 7.15. The minimum absolute atomic E-state index is 0.0329. The molecule has 1 saturated heterocycles. The van der Waals surface area contributed by atoms with Gasteiger partial charge in [-0.25, -0.2) is 22.3 Å². The summed E-state index contributed by atoms with van der Waals surface area (Å²) in [5.74, 6) is -0.631. The van der Waals surface area contributed by atoms with Crippen LogP contribution in [0, 0.1) is 15.9 Å². The van der Waals surface area contributed by atoms with E-state index in [2.05, 4.69) is 10.2 Å². The zero-order valence-corrected chi connectivity index (χ0v) is 24.0. The molecule has 1 fully saturated rings. The molecule has 13 nitrogen and oxygen atoms in total. The van der Waals surface area contributed by atoms with E-state index in [0.29, 0.717) is 54.6 Å². The maximum atomic E-state index is 13.3. The van der Waals surface area contributed by atoms with Crippen molar-refractivity contribution in [1.82, 2.24) is 19.0 Å². The average Bonchev–Trinajstić information content (AvgIpc) is 3.43. The number of carboxylic acids is 1. The van der Waals surface area contributed by atoms with Crippen LogP contribution >= 0.6 is 0 Å². The molecule has 0 saturated carbocycles. The SMILES string of the molecule is O=C(O)c1c2c(nn1-c1ccc(Oc3ccc(F)cc3)cc1)[C@H](N1CCN(S(=O)(=O)c3ccccc3[N+](=O)[O-])CC1)CCN2. The number of ether oxygens (including phenoxy) is 1. The first-order chi connectivity index (χ1) is 21.1. The number of para-hydroxylation sites is 1. The number of nitro groups is 1. The number of fused-ring (bicyclic) bond motifs is 1. The number of benzene rings is 3. The van der Waals surface area contributed by atoms with Gasteiger partial charge in [0.2, 0.25) is 10.0 Å². The van der Waals surface area contributed by atoms with Crippen LogP contribution in [-0.4, -0.2) is 76.1 Å². The number of aromatic carboxylic acids is 1. The third-order valence-electron chi connectivity index (χ3n) is 7.67. The Bertz CT molecular complexity index is 1820. The highest BCUT2D eigenvalue weighted by molar-refractivity contribution is 7.89. The quantitative estimate of drug-likeness (QED) is 0.215. The monoisotopic (exact) mass is 622 g/mol. The summed E-state index contributed by atoms with van der Waals surface area (Å²) in [6, 6.07) is 17.2. The molecule has 0 spiro atoms. The van der Waals surface area contributed by atoms with Crippen molar-refractivity contribution < 1.29 is 32.4 Å².